The van der Waals surface area contributed by atoms with E-state index in [9.17, 15) is 19.8 Å². The SMILES string of the molecule is CCOC(=O)C1=C(O)/C(=C/c2cc(Br)cc(Cl)c2O)SC1=NC(=O)c1ccc(C)cc1. The zero-order valence-corrected chi connectivity index (χ0v) is 19.6. The van der Waals surface area contributed by atoms with E-state index < -0.39 is 17.6 Å². The lowest BCUT2D eigenvalue weighted by atomic mass is 10.1. The second-order valence-corrected chi connectivity index (χ2v) is 8.82. The minimum absolute atomic E-state index is 0.00774. The van der Waals surface area contributed by atoms with E-state index in [1.165, 1.54) is 12.1 Å². The monoisotopic (exact) mass is 521 g/mol. The molecule has 2 aromatic carbocycles. The van der Waals surface area contributed by atoms with Crippen LogP contribution in [-0.4, -0.2) is 33.7 Å². The van der Waals surface area contributed by atoms with Crippen LogP contribution in [0.3, 0.4) is 0 Å². The highest BCUT2D eigenvalue weighted by atomic mass is 79.9. The first-order valence-electron chi connectivity index (χ1n) is 9.09. The molecule has 0 bridgehead atoms. The van der Waals surface area contributed by atoms with Gasteiger partial charge in [-0.2, -0.15) is 0 Å². The number of halogens is 2. The van der Waals surface area contributed by atoms with Crippen molar-refractivity contribution in [2.24, 2.45) is 4.99 Å². The number of thioether (sulfide) groups is 1. The van der Waals surface area contributed by atoms with Crippen molar-refractivity contribution < 1.29 is 24.5 Å². The molecule has 0 radical (unpaired) electrons. The van der Waals surface area contributed by atoms with Crippen LogP contribution < -0.4 is 0 Å². The van der Waals surface area contributed by atoms with Crippen molar-refractivity contribution in [1.29, 1.82) is 0 Å². The van der Waals surface area contributed by atoms with Crippen LogP contribution in [0.4, 0.5) is 0 Å². The molecule has 0 aliphatic carbocycles. The first-order valence-corrected chi connectivity index (χ1v) is 11.1. The molecule has 1 heterocycles. The Hall–Kier alpha value is -2.55. The Balaban J connectivity index is 2.06. The molecule has 9 heteroatoms. The number of amides is 1. The summed E-state index contributed by atoms with van der Waals surface area (Å²) in [4.78, 5) is 29.3. The summed E-state index contributed by atoms with van der Waals surface area (Å²) in [5.41, 5.74) is 1.43. The highest BCUT2D eigenvalue weighted by molar-refractivity contribution is 9.10. The van der Waals surface area contributed by atoms with Gasteiger partial charge < -0.3 is 14.9 Å². The summed E-state index contributed by atoms with van der Waals surface area (Å²) >= 11 is 10.2. The van der Waals surface area contributed by atoms with Crippen molar-refractivity contribution in [3.8, 4) is 5.75 Å². The van der Waals surface area contributed by atoms with Crippen molar-refractivity contribution in [2.45, 2.75) is 13.8 Å². The summed E-state index contributed by atoms with van der Waals surface area (Å²) < 4.78 is 5.64. The van der Waals surface area contributed by atoms with Gasteiger partial charge in [-0.25, -0.2) is 9.79 Å². The van der Waals surface area contributed by atoms with Crippen LogP contribution in [0.1, 0.15) is 28.4 Å². The number of nitrogens with zero attached hydrogens (tertiary/aromatic N) is 1. The number of carbonyl (C=O) groups excluding carboxylic acids is 2. The average Bonchev–Trinajstić information content (AvgIpc) is 3.01. The lowest BCUT2D eigenvalue weighted by molar-refractivity contribution is -0.138. The number of phenols is 1. The first kappa shape index (κ1) is 23.1. The average molecular weight is 523 g/mol. The lowest BCUT2D eigenvalue weighted by Crippen LogP contribution is -2.14. The van der Waals surface area contributed by atoms with Crippen LogP contribution in [-0.2, 0) is 9.53 Å². The molecule has 2 aromatic rings. The molecule has 0 saturated heterocycles. The number of esters is 1. The van der Waals surface area contributed by atoms with E-state index in [2.05, 4.69) is 20.9 Å². The molecule has 0 spiro atoms. The maximum absolute atomic E-state index is 12.6. The van der Waals surface area contributed by atoms with E-state index >= 15 is 0 Å². The summed E-state index contributed by atoms with van der Waals surface area (Å²) in [6.07, 6.45) is 1.45. The van der Waals surface area contributed by atoms with Crippen molar-refractivity contribution >= 4 is 62.3 Å². The van der Waals surface area contributed by atoms with E-state index in [1.54, 1.807) is 37.3 Å². The number of phenolic OH excluding ortho intramolecular Hbond substituents is 1. The summed E-state index contributed by atoms with van der Waals surface area (Å²) in [5, 5.41) is 21.0. The lowest BCUT2D eigenvalue weighted by Gasteiger charge is -2.04. The number of aliphatic hydroxyl groups excluding tert-OH is 1. The first-order chi connectivity index (χ1) is 14.7. The molecule has 31 heavy (non-hydrogen) atoms. The molecule has 160 valence electrons. The third-order valence-electron chi connectivity index (χ3n) is 4.22. The van der Waals surface area contributed by atoms with Crippen LogP contribution in [0.5, 0.6) is 5.75 Å². The third-order valence-corrected chi connectivity index (χ3v) is 5.98. The smallest absolute Gasteiger partial charge is 0.344 e. The number of ether oxygens (including phenoxy) is 1. The van der Waals surface area contributed by atoms with Crippen LogP contribution in [0.25, 0.3) is 6.08 Å². The number of rotatable bonds is 4. The minimum atomic E-state index is -0.803. The molecular formula is C22H17BrClNO5S. The number of aromatic hydroxyl groups is 1. The molecule has 0 fully saturated rings. The van der Waals surface area contributed by atoms with Gasteiger partial charge in [0.15, 0.2) is 0 Å². The van der Waals surface area contributed by atoms with Gasteiger partial charge in [-0.15, -0.1) is 0 Å². The van der Waals surface area contributed by atoms with Gasteiger partial charge in [0.25, 0.3) is 5.91 Å². The predicted octanol–water partition coefficient (Wildman–Crippen LogP) is 5.82. The Kier molecular flexibility index (Phi) is 7.25. The number of aliphatic hydroxyl groups is 1. The summed E-state index contributed by atoms with van der Waals surface area (Å²) in [6, 6.07) is 9.94. The van der Waals surface area contributed by atoms with Crippen LogP contribution in [0.15, 0.2) is 62.1 Å². The normalized spacial score (nSPS) is 16.3. The number of benzene rings is 2. The Labute approximate surface area is 196 Å². The van der Waals surface area contributed by atoms with Gasteiger partial charge in [0.2, 0.25) is 0 Å². The number of aliphatic imine (C=N–C) groups is 1. The zero-order valence-electron chi connectivity index (χ0n) is 16.5. The van der Waals surface area contributed by atoms with Crippen molar-refractivity contribution in [1.82, 2.24) is 0 Å². The van der Waals surface area contributed by atoms with Gasteiger partial charge in [-0.1, -0.05) is 57.0 Å². The fourth-order valence-electron chi connectivity index (χ4n) is 2.68. The zero-order chi connectivity index (χ0) is 22.7. The Morgan fingerprint density at radius 2 is 1.90 bits per heavy atom. The molecule has 1 amide bonds. The molecule has 0 atom stereocenters. The van der Waals surface area contributed by atoms with Crippen molar-refractivity contribution in [3.63, 3.8) is 0 Å². The molecule has 0 aromatic heterocycles. The van der Waals surface area contributed by atoms with E-state index in [1.807, 2.05) is 6.92 Å². The molecule has 1 aliphatic heterocycles. The van der Waals surface area contributed by atoms with Gasteiger partial charge >= 0.3 is 5.97 Å². The van der Waals surface area contributed by atoms with Gasteiger partial charge in [0, 0.05) is 15.6 Å². The molecule has 1 aliphatic rings. The quantitative estimate of drug-likeness (QED) is 0.491. The van der Waals surface area contributed by atoms with Crippen LogP contribution in [0.2, 0.25) is 5.02 Å². The van der Waals surface area contributed by atoms with Gasteiger partial charge in [0.05, 0.1) is 16.5 Å². The summed E-state index contributed by atoms with van der Waals surface area (Å²) in [5.74, 6) is -1.95. The molecule has 0 saturated carbocycles. The van der Waals surface area contributed by atoms with Crippen LogP contribution >= 0.6 is 39.3 Å². The van der Waals surface area contributed by atoms with Crippen LogP contribution in [0, 0.1) is 6.92 Å². The van der Waals surface area contributed by atoms with Crippen molar-refractivity contribution in [3.05, 3.63) is 78.8 Å². The van der Waals surface area contributed by atoms with Gasteiger partial charge in [0.1, 0.15) is 22.1 Å². The van der Waals surface area contributed by atoms with Gasteiger partial charge in [-0.05, 0) is 44.2 Å². The van der Waals surface area contributed by atoms with E-state index in [0.29, 0.717) is 15.6 Å². The number of carbonyl (C=O) groups is 2. The van der Waals surface area contributed by atoms with E-state index in [0.717, 1.165) is 17.3 Å². The van der Waals surface area contributed by atoms with Crippen molar-refractivity contribution in [2.75, 3.05) is 6.61 Å². The highest BCUT2D eigenvalue weighted by Gasteiger charge is 2.34. The largest absolute Gasteiger partial charge is 0.506 e. The molecule has 0 unspecified atom stereocenters. The number of aryl methyl sites for hydroxylation is 1. The van der Waals surface area contributed by atoms with E-state index in [-0.39, 0.29) is 32.9 Å². The topological polar surface area (TPSA) is 96.2 Å². The van der Waals surface area contributed by atoms with Gasteiger partial charge in [-0.3, -0.25) is 4.79 Å². The maximum Gasteiger partial charge on any atom is 0.344 e. The Bertz CT molecular complexity index is 1160. The predicted molar refractivity (Wildman–Crippen MR) is 126 cm³/mol. The molecule has 6 nitrogen and oxygen atoms in total. The fraction of sp³-hybridized carbons (Fsp3) is 0.136. The number of hydrogen-bond donors (Lipinski definition) is 2. The third kappa shape index (κ3) is 5.20. The molecular weight excluding hydrogens is 506 g/mol. The second-order valence-electron chi connectivity index (χ2n) is 6.47. The summed E-state index contributed by atoms with van der Waals surface area (Å²) in [7, 11) is 0. The summed E-state index contributed by atoms with van der Waals surface area (Å²) in [6.45, 7) is 3.61. The Morgan fingerprint density at radius 3 is 2.55 bits per heavy atom. The molecule has 3 rings (SSSR count). The Morgan fingerprint density at radius 1 is 1.23 bits per heavy atom. The highest BCUT2D eigenvalue weighted by Crippen LogP contribution is 2.41. The van der Waals surface area contributed by atoms with E-state index in [4.69, 9.17) is 16.3 Å². The number of hydrogen-bond acceptors (Lipinski definition) is 6. The minimum Gasteiger partial charge on any atom is -0.506 e. The molecule has 2 N–H and O–H groups in total. The fourth-order valence-corrected chi connectivity index (χ4v) is 4.52. The maximum atomic E-state index is 12.6. The second kappa shape index (κ2) is 9.72. The standard InChI is InChI=1S/C22H17BrClNO5S/c1-3-30-22(29)17-19(27)16(9-13-8-14(23)10-15(24)18(13)26)31-21(17)25-20(28)12-6-4-11(2)5-7-12/h4-10,26-27H,3H2,1-2H3/b16-9-,25-21?.